The molecule has 0 aliphatic rings. The first kappa shape index (κ1) is 19.2. The highest BCUT2D eigenvalue weighted by Crippen LogP contribution is 2.34. The van der Waals surface area contributed by atoms with Crippen molar-refractivity contribution in [3.05, 3.63) is 63.9 Å². The standard InChI is InChI=1S/C18H14F4N2O2S/c1-9-12-5-6-14(18(20,21)22)24-17(12)27-15(9)16(26)23-8-13(25)10-3-2-4-11(19)7-10/h2-7,13,25H,8H2,1H3,(H,23,26). The Labute approximate surface area is 155 Å². The predicted molar refractivity (Wildman–Crippen MR) is 93.1 cm³/mol. The third kappa shape index (κ3) is 4.09. The molecule has 0 aliphatic heterocycles. The Hall–Kier alpha value is -2.52. The van der Waals surface area contributed by atoms with Gasteiger partial charge in [-0.15, -0.1) is 11.3 Å². The van der Waals surface area contributed by atoms with Gasteiger partial charge in [0.2, 0.25) is 0 Å². The summed E-state index contributed by atoms with van der Waals surface area (Å²) >= 11 is 0.847. The van der Waals surface area contributed by atoms with Crippen molar-refractivity contribution in [2.24, 2.45) is 0 Å². The molecule has 3 rings (SSSR count). The van der Waals surface area contributed by atoms with Gasteiger partial charge in [-0.25, -0.2) is 9.37 Å². The van der Waals surface area contributed by atoms with E-state index in [1.54, 1.807) is 6.92 Å². The number of thiophene rings is 1. The van der Waals surface area contributed by atoms with E-state index in [0.29, 0.717) is 16.5 Å². The van der Waals surface area contributed by atoms with E-state index in [2.05, 4.69) is 10.3 Å². The molecule has 0 bridgehead atoms. The molecule has 27 heavy (non-hydrogen) atoms. The molecule has 0 radical (unpaired) electrons. The van der Waals surface area contributed by atoms with Crippen molar-refractivity contribution in [1.29, 1.82) is 0 Å². The Kier molecular flexibility index (Phi) is 5.16. The molecule has 0 spiro atoms. The molecule has 0 fully saturated rings. The van der Waals surface area contributed by atoms with Crippen LogP contribution in [0, 0.1) is 12.7 Å². The third-order valence-corrected chi connectivity index (χ3v) is 5.19. The molecular formula is C18H14F4N2O2S. The monoisotopic (exact) mass is 398 g/mol. The number of carbonyl (C=O) groups is 1. The number of aliphatic hydroxyl groups excluding tert-OH is 1. The zero-order chi connectivity index (χ0) is 19.8. The molecule has 4 nitrogen and oxygen atoms in total. The third-order valence-electron chi connectivity index (χ3n) is 3.99. The van der Waals surface area contributed by atoms with Crippen LogP contribution in [0.5, 0.6) is 0 Å². The lowest BCUT2D eigenvalue weighted by atomic mass is 10.1. The van der Waals surface area contributed by atoms with E-state index < -0.39 is 29.7 Å². The number of alkyl halides is 3. The number of fused-ring (bicyclic) bond motifs is 1. The van der Waals surface area contributed by atoms with Gasteiger partial charge in [-0.2, -0.15) is 13.2 Å². The number of rotatable bonds is 4. The largest absolute Gasteiger partial charge is 0.433 e. The number of hydrogen-bond donors (Lipinski definition) is 2. The van der Waals surface area contributed by atoms with Crippen LogP contribution in [0.2, 0.25) is 0 Å². The number of halogens is 4. The Morgan fingerprint density at radius 2 is 2.04 bits per heavy atom. The highest BCUT2D eigenvalue weighted by Gasteiger charge is 2.33. The van der Waals surface area contributed by atoms with Gasteiger partial charge in [-0.3, -0.25) is 4.79 Å². The van der Waals surface area contributed by atoms with E-state index in [1.807, 2.05) is 0 Å². The van der Waals surface area contributed by atoms with Gasteiger partial charge >= 0.3 is 6.18 Å². The molecule has 2 heterocycles. The van der Waals surface area contributed by atoms with Crippen LogP contribution in [-0.2, 0) is 6.18 Å². The highest BCUT2D eigenvalue weighted by atomic mass is 32.1. The number of aryl methyl sites for hydroxylation is 1. The number of hydrogen-bond acceptors (Lipinski definition) is 4. The fraction of sp³-hybridized carbons (Fsp3) is 0.222. The number of aromatic nitrogens is 1. The molecule has 3 aromatic rings. The maximum absolute atomic E-state index is 13.2. The molecule has 9 heteroatoms. The van der Waals surface area contributed by atoms with Crippen LogP contribution < -0.4 is 5.32 Å². The average Bonchev–Trinajstić information content (AvgIpc) is 2.95. The van der Waals surface area contributed by atoms with Gasteiger partial charge in [0.05, 0.1) is 11.0 Å². The molecule has 0 aliphatic carbocycles. The smallest absolute Gasteiger partial charge is 0.387 e. The fourth-order valence-corrected chi connectivity index (χ4v) is 3.67. The quantitative estimate of drug-likeness (QED) is 0.647. The van der Waals surface area contributed by atoms with Gasteiger partial charge < -0.3 is 10.4 Å². The van der Waals surface area contributed by atoms with Crippen molar-refractivity contribution in [3.8, 4) is 0 Å². The Morgan fingerprint density at radius 3 is 2.70 bits per heavy atom. The summed E-state index contributed by atoms with van der Waals surface area (Å²) < 4.78 is 51.6. The van der Waals surface area contributed by atoms with Crippen LogP contribution in [0.15, 0.2) is 36.4 Å². The maximum Gasteiger partial charge on any atom is 0.433 e. The molecule has 142 valence electrons. The van der Waals surface area contributed by atoms with Crippen LogP contribution >= 0.6 is 11.3 Å². The second kappa shape index (κ2) is 7.24. The van der Waals surface area contributed by atoms with Crippen LogP contribution in [0.25, 0.3) is 10.2 Å². The molecular weight excluding hydrogens is 384 g/mol. The van der Waals surface area contributed by atoms with Crippen LogP contribution in [0.4, 0.5) is 17.6 Å². The topological polar surface area (TPSA) is 62.2 Å². The minimum Gasteiger partial charge on any atom is -0.387 e. The molecule has 1 amide bonds. The molecule has 0 saturated heterocycles. The fourth-order valence-electron chi connectivity index (χ4n) is 2.58. The molecule has 1 atom stereocenters. The van der Waals surface area contributed by atoms with Crippen molar-refractivity contribution >= 4 is 27.5 Å². The molecule has 2 N–H and O–H groups in total. The summed E-state index contributed by atoms with van der Waals surface area (Å²) in [6.45, 7) is 1.45. The summed E-state index contributed by atoms with van der Waals surface area (Å²) in [5, 5.41) is 13.0. The van der Waals surface area contributed by atoms with Gasteiger partial charge in [0.1, 0.15) is 16.3 Å². The van der Waals surface area contributed by atoms with Crippen molar-refractivity contribution in [2.45, 2.75) is 19.2 Å². The van der Waals surface area contributed by atoms with E-state index in [4.69, 9.17) is 0 Å². The lowest BCUT2D eigenvalue weighted by Crippen LogP contribution is -2.28. The highest BCUT2D eigenvalue weighted by molar-refractivity contribution is 7.20. The minimum absolute atomic E-state index is 0.109. The van der Waals surface area contributed by atoms with Crippen molar-refractivity contribution in [2.75, 3.05) is 6.54 Å². The van der Waals surface area contributed by atoms with E-state index in [0.717, 1.165) is 23.5 Å². The summed E-state index contributed by atoms with van der Waals surface area (Å²) in [4.78, 5) is 16.3. The number of aliphatic hydroxyl groups is 1. The molecule has 2 aromatic heterocycles. The Bertz CT molecular complexity index is 1000. The number of nitrogens with zero attached hydrogens (tertiary/aromatic N) is 1. The average molecular weight is 398 g/mol. The van der Waals surface area contributed by atoms with E-state index in [9.17, 15) is 27.5 Å². The number of amides is 1. The van der Waals surface area contributed by atoms with Gasteiger partial charge in [-0.05, 0) is 42.3 Å². The van der Waals surface area contributed by atoms with Crippen LogP contribution in [0.3, 0.4) is 0 Å². The zero-order valence-electron chi connectivity index (χ0n) is 14.0. The first-order valence-corrected chi connectivity index (χ1v) is 8.67. The van der Waals surface area contributed by atoms with Crippen molar-refractivity contribution < 1.29 is 27.5 Å². The lowest BCUT2D eigenvalue weighted by Gasteiger charge is -2.12. The minimum atomic E-state index is -4.57. The number of carbonyl (C=O) groups excluding carboxylic acids is 1. The number of benzene rings is 1. The summed E-state index contributed by atoms with van der Waals surface area (Å²) in [7, 11) is 0. The van der Waals surface area contributed by atoms with Crippen molar-refractivity contribution in [1.82, 2.24) is 10.3 Å². The molecule has 1 unspecified atom stereocenters. The maximum atomic E-state index is 13.2. The number of pyridine rings is 1. The number of nitrogens with one attached hydrogen (secondary N) is 1. The predicted octanol–water partition coefficient (Wildman–Crippen LogP) is 4.23. The Morgan fingerprint density at radius 1 is 1.30 bits per heavy atom. The van der Waals surface area contributed by atoms with Gasteiger partial charge in [-0.1, -0.05) is 12.1 Å². The summed E-state index contributed by atoms with van der Waals surface area (Å²) in [5.41, 5.74) is -0.210. The van der Waals surface area contributed by atoms with Gasteiger partial charge in [0, 0.05) is 11.9 Å². The summed E-state index contributed by atoms with van der Waals surface area (Å²) in [5.74, 6) is -1.05. The van der Waals surface area contributed by atoms with Crippen LogP contribution in [-0.4, -0.2) is 22.5 Å². The molecule has 1 aromatic carbocycles. The van der Waals surface area contributed by atoms with Gasteiger partial charge in [0.25, 0.3) is 5.91 Å². The van der Waals surface area contributed by atoms with Gasteiger partial charge in [0.15, 0.2) is 0 Å². The zero-order valence-corrected chi connectivity index (χ0v) is 14.8. The van der Waals surface area contributed by atoms with E-state index >= 15 is 0 Å². The first-order chi connectivity index (χ1) is 12.7. The molecule has 0 saturated carbocycles. The first-order valence-electron chi connectivity index (χ1n) is 7.86. The van der Waals surface area contributed by atoms with Crippen LogP contribution in [0.1, 0.15) is 32.6 Å². The van der Waals surface area contributed by atoms with E-state index in [1.165, 1.54) is 24.3 Å². The Balaban J connectivity index is 1.78. The van der Waals surface area contributed by atoms with E-state index in [-0.39, 0.29) is 16.3 Å². The summed E-state index contributed by atoms with van der Waals surface area (Å²) in [6.07, 6.45) is -5.68. The second-order valence-electron chi connectivity index (χ2n) is 5.88. The SMILES string of the molecule is Cc1c(C(=O)NCC(O)c2cccc(F)c2)sc2nc(C(F)(F)F)ccc12. The second-order valence-corrected chi connectivity index (χ2v) is 6.88. The van der Waals surface area contributed by atoms with Crippen molar-refractivity contribution in [3.63, 3.8) is 0 Å². The normalized spacial score (nSPS) is 13.0. The summed E-state index contributed by atoms with van der Waals surface area (Å²) in [6, 6.07) is 7.51. The lowest BCUT2D eigenvalue weighted by molar-refractivity contribution is -0.140.